The molecule has 2 N–H and O–H groups in total. The van der Waals surface area contributed by atoms with Crippen LogP contribution in [0.25, 0.3) is 0 Å². The zero-order valence-electron chi connectivity index (χ0n) is 12.0. The molecule has 0 bridgehead atoms. The molecule has 0 heterocycles. The normalized spacial score (nSPS) is 11.7. The van der Waals surface area contributed by atoms with Gasteiger partial charge in [-0.15, -0.1) is 0 Å². The zero-order valence-corrected chi connectivity index (χ0v) is 12.0. The molecule has 0 aromatic heterocycles. The average molecular weight is 248 g/mol. The van der Waals surface area contributed by atoms with Gasteiger partial charge in [0.25, 0.3) is 0 Å². The summed E-state index contributed by atoms with van der Waals surface area (Å²) in [6.45, 7) is 8.20. The molecule has 0 unspecified atom stereocenters. The standard InChI is InChI=1S/C15H24N2O/c1-11(2)10-12-6-8-13(9-7-12)15(3,4)14(18)17(5)16/h6-9,11H,10,16H2,1-5H3. The molecule has 0 atom stereocenters. The molecular formula is C15H24N2O. The largest absolute Gasteiger partial charge is 0.283 e. The number of carbonyl (C=O) groups excluding carboxylic acids is 1. The van der Waals surface area contributed by atoms with Gasteiger partial charge in [0.1, 0.15) is 0 Å². The number of nitrogens with two attached hydrogens (primary N) is 1. The van der Waals surface area contributed by atoms with E-state index in [9.17, 15) is 4.79 Å². The molecule has 3 nitrogen and oxygen atoms in total. The highest BCUT2D eigenvalue weighted by Gasteiger charge is 2.31. The van der Waals surface area contributed by atoms with Gasteiger partial charge in [-0.05, 0) is 37.3 Å². The molecule has 100 valence electrons. The van der Waals surface area contributed by atoms with Crippen LogP contribution in [-0.4, -0.2) is 18.0 Å². The third-order valence-corrected chi connectivity index (χ3v) is 3.17. The zero-order chi connectivity index (χ0) is 13.9. The molecule has 1 rings (SSSR count). The van der Waals surface area contributed by atoms with E-state index in [2.05, 4.69) is 26.0 Å². The van der Waals surface area contributed by atoms with Crippen molar-refractivity contribution in [3.8, 4) is 0 Å². The van der Waals surface area contributed by atoms with Gasteiger partial charge in [-0.2, -0.15) is 0 Å². The lowest BCUT2D eigenvalue weighted by atomic mass is 9.83. The van der Waals surface area contributed by atoms with Crippen LogP contribution in [0, 0.1) is 5.92 Å². The van der Waals surface area contributed by atoms with Crippen molar-refractivity contribution in [1.82, 2.24) is 5.01 Å². The van der Waals surface area contributed by atoms with Gasteiger partial charge in [0.2, 0.25) is 5.91 Å². The van der Waals surface area contributed by atoms with Crippen molar-refractivity contribution in [3.63, 3.8) is 0 Å². The minimum Gasteiger partial charge on any atom is -0.283 e. The Morgan fingerprint density at radius 2 is 1.78 bits per heavy atom. The van der Waals surface area contributed by atoms with E-state index in [0.717, 1.165) is 17.0 Å². The maximum Gasteiger partial charge on any atom is 0.246 e. The third kappa shape index (κ3) is 3.33. The summed E-state index contributed by atoms with van der Waals surface area (Å²) >= 11 is 0. The lowest BCUT2D eigenvalue weighted by Gasteiger charge is -2.27. The first-order valence-electron chi connectivity index (χ1n) is 6.37. The summed E-state index contributed by atoms with van der Waals surface area (Å²) in [6, 6.07) is 8.25. The molecule has 1 amide bonds. The van der Waals surface area contributed by atoms with Gasteiger partial charge < -0.3 is 0 Å². The van der Waals surface area contributed by atoms with E-state index in [1.165, 1.54) is 5.56 Å². The van der Waals surface area contributed by atoms with E-state index < -0.39 is 5.41 Å². The first-order valence-corrected chi connectivity index (χ1v) is 6.37. The van der Waals surface area contributed by atoms with E-state index in [1.54, 1.807) is 7.05 Å². The Morgan fingerprint density at radius 3 is 2.17 bits per heavy atom. The second-order valence-electron chi connectivity index (χ2n) is 5.84. The van der Waals surface area contributed by atoms with E-state index in [0.29, 0.717) is 5.92 Å². The van der Waals surface area contributed by atoms with Crippen LogP contribution in [0.5, 0.6) is 0 Å². The van der Waals surface area contributed by atoms with Crippen molar-refractivity contribution in [2.75, 3.05) is 7.05 Å². The molecule has 1 aromatic carbocycles. The molecule has 0 aliphatic rings. The maximum atomic E-state index is 12.0. The van der Waals surface area contributed by atoms with Crippen molar-refractivity contribution in [2.24, 2.45) is 11.8 Å². The van der Waals surface area contributed by atoms with Gasteiger partial charge in [0.05, 0.1) is 5.41 Å². The van der Waals surface area contributed by atoms with Gasteiger partial charge in [0.15, 0.2) is 0 Å². The first-order chi connectivity index (χ1) is 8.25. The second kappa shape index (κ2) is 5.53. The predicted molar refractivity (Wildman–Crippen MR) is 75.0 cm³/mol. The topological polar surface area (TPSA) is 46.3 Å². The van der Waals surface area contributed by atoms with Crippen molar-refractivity contribution in [3.05, 3.63) is 35.4 Å². The molecule has 3 heteroatoms. The molecule has 0 radical (unpaired) electrons. The second-order valence-corrected chi connectivity index (χ2v) is 5.84. The number of hydrogen-bond acceptors (Lipinski definition) is 2. The van der Waals surface area contributed by atoms with Crippen molar-refractivity contribution in [2.45, 2.75) is 39.5 Å². The fourth-order valence-corrected chi connectivity index (χ4v) is 2.09. The van der Waals surface area contributed by atoms with E-state index in [-0.39, 0.29) is 5.91 Å². The minimum atomic E-state index is -0.583. The lowest BCUT2D eigenvalue weighted by molar-refractivity contribution is -0.135. The fraction of sp³-hybridized carbons (Fsp3) is 0.533. The van der Waals surface area contributed by atoms with Gasteiger partial charge in [-0.3, -0.25) is 9.80 Å². The molecule has 0 aliphatic heterocycles. The summed E-state index contributed by atoms with van der Waals surface area (Å²) < 4.78 is 0. The smallest absolute Gasteiger partial charge is 0.246 e. The molecule has 0 aliphatic carbocycles. The Kier molecular flexibility index (Phi) is 4.52. The first kappa shape index (κ1) is 14.7. The van der Waals surface area contributed by atoms with Crippen molar-refractivity contribution in [1.29, 1.82) is 0 Å². The van der Waals surface area contributed by atoms with Gasteiger partial charge in [0, 0.05) is 7.05 Å². The highest BCUT2D eigenvalue weighted by Crippen LogP contribution is 2.25. The van der Waals surface area contributed by atoms with Crippen LogP contribution in [0.4, 0.5) is 0 Å². The minimum absolute atomic E-state index is 0.0842. The summed E-state index contributed by atoms with van der Waals surface area (Å²) in [4.78, 5) is 12.0. The monoisotopic (exact) mass is 248 g/mol. The average Bonchev–Trinajstić information content (AvgIpc) is 2.27. The number of amides is 1. The molecule has 0 spiro atoms. The van der Waals surface area contributed by atoms with Gasteiger partial charge >= 0.3 is 0 Å². The maximum absolute atomic E-state index is 12.0. The van der Waals surface area contributed by atoms with Crippen LogP contribution in [0.2, 0.25) is 0 Å². The number of rotatable bonds is 4. The Morgan fingerprint density at radius 1 is 1.28 bits per heavy atom. The third-order valence-electron chi connectivity index (χ3n) is 3.17. The van der Waals surface area contributed by atoms with E-state index >= 15 is 0 Å². The summed E-state index contributed by atoms with van der Waals surface area (Å²) in [5.41, 5.74) is 1.72. The molecular weight excluding hydrogens is 224 g/mol. The molecule has 18 heavy (non-hydrogen) atoms. The highest BCUT2D eigenvalue weighted by atomic mass is 16.2. The van der Waals surface area contributed by atoms with Crippen LogP contribution in [-0.2, 0) is 16.6 Å². The van der Waals surface area contributed by atoms with Crippen molar-refractivity contribution < 1.29 is 4.79 Å². The quantitative estimate of drug-likeness (QED) is 0.505. The van der Waals surface area contributed by atoms with E-state index in [1.807, 2.05) is 26.0 Å². The van der Waals surface area contributed by atoms with Crippen LogP contribution < -0.4 is 5.84 Å². The Bertz CT molecular complexity index is 405. The summed E-state index contributed by atoms with van der Waals surface area (Å²) in [6.07, 6.45) is 1.06. The SMILES string of the molecule is CC(C)Cc1ccc(C(C)(C)C(=O)N(C)N)cc1. The van der Waals surface area contributed by atoms with E-state index in [4.69, 9.17) is 5.84 Å². The lowest BCUT2D eigenvalue weighted by Crippen LogP contribution is -2.44. The number of hydrazine groups is 1. The van der Waals surface area contributed by atoms with Crippen LogP contribution >= 0.6 is 0 Å². The molecule has 0 saturated carbocycles. The predicted octanol–water partition coefficient (Wildman–Crippen LogP) is 2.49. The van der Waals surface area contributed by atoms with Gasteiger partial charge in [-0.1, -0.05) is 38.1 Å². The Labute approximate surface area is 110 Å². The summed E-state index contributed by atoms with van der Waals surface area (Å²) in [5.74, 6) is 6.09. The number of benzene rings is 1. The van der Waals surface area contributed by atoms with Crippen LogP contribution in [0.1, 0.15) is 38.8 Å². The van der Waals surface area contributed by atoms with Crippen LogP contribution in [0.15, 0.2) is 24.3 Å². The number of hydrogen-bond donors (Lipinski definition) is 1. The molecule has 1 aromatic rings. The number of likely N-dealkylation sites (N-methyl/N-ethyl adjacent to an activating group) is 1. The molecule has 0 saturated heterocycles. The fourth-order valence-electron chi connectivity index (χ4n) is 2.09. The highest BCUT2D eigenvalue weighted by molar-refractivity contribution is 5.86. The number of nitrogens with zero attached hydrogens (tertiary/aromatic N) is 1. The van der Waals surface area contributed by atoms with Crippen molar-refractivity contribution >= 4 is 5.91 Å². The van der Waals surface area contributed by atoms with Gasteiger partial charge in [-0.25, -0.2) is 5.84 Å². The van der Waals surface area contributed by atoms with Crippen LogP contribution in [0.3, 0.4) is 0 Å². The summed E-state index contributed by atoms with van der Waals surface area (Å²) in [7, 11) is 1.58. The number of carbonyl (C=O) groups is 1. The Balaban J connectivity index is 2.94. The molecule has 0 fully saturated rings. The summed E-state index contributed by atoms with van der Waals surface area (Å²) in [5, 5.41) is 1.15. The Hall–Kier alpha value is -1.35.